The fourth-order valence-corrected chi connectivity index (χ4v) is 3.21. The largest absolute Gasteiger partial charge is 0.493 e. The van der Waals surface area contributed by atoms with Gasteiger partial charge in [0.15, 0.2) is 11.5 Å². The number of rotatable bonds is 7. The van der Waals surface area contributed by atoms with E-state index in [2.05, 4.69) is 23.5 Å². The van der Waals surface area contributed by atoms with E-state index in [1.807, 2.05) is 30.3 Å². The van der Waals surface area contributed by atoms with E-state index < -0.39 is 0 Å². The van der Waals surface area contributed by atoms with E-state index in [1.165, 1.54) is 12.8 Å². The Hall–Kier alpha value is -2.51. The highest BCUT2D eigenvalue weighted by atomic mass is 16.5. The maximum absolute atomic E-state index is 8.97. The smallest absolute Gasteiger partial charge is 0.161 e. The highest BCUT2D eigenvalue weighted by Gasteiger charge is 2.18. The van der Waals surface area contributed by atoms with Gasteiger partial charge in [-0.3, -0.25) is 0 Å². The van der Waals surface area contributed by atoms with Gasteiger partial charge in [-0.15, -0.1) is 0 Å². The second-order valence-electron chi connectivity index (χ2n) is 6.43. The highest BCUT2D eigenvalue weighted by molar-refractivity contribution is 5.43. The van der Waals surface area contributed by atoms with E-state index in [4.69, 9.17) is 14.7 Å². The minimum Gasteiger partial charge on any atom is -0.493 e. The van der Waals surface area contributed by atoms with E-state index in [-0.39, 0.29) is 0 Å². The summed E-state index contributed by atoms with van der Waals surface area (Å²) in [5.74, 6) is 1.62. The van der Waals surface area contributed by atoms with E-state index in [0.717, 1.165) is 48.6 Å². The van der Waals surface area contributed by atoms with Gasteiger partial charge in [-0.25, -0.2) is 0 Å². The lowest BCUT2D eigenvalue weighted by Crippen LogP contribution is -2.14. The Morgan fingerprint density at radius 2 is 1.80 bits per heavy atom. The van der Waals surface area contributed by atoms with Crippen LogP contribution >= 0.6 is 0 Å². The van der Waals surface area contributed by atoms with Crippen LogP contribution in [0.3, 0.4) is 0 Å². The Labute approximate surface area is 149 Å². The summed E-state index contributed by atoms with van der Waals surface area (Å²) in [5.41, 5.74) is 2.95. The van der Waals surface area contributed by atoms with Gasteiger partial charge in [-0.1, -0.05) is 18.2 Å². The van der Waals surface area contributed by atoms with Crippen molar-refractivity contribution in [3.63, 3.8) is 0 Å². The van der Waals surface area contributed by atoms with E-state index in [0.29, 0.717) is 11.7 Å². The fraction of sp³-hybridized carbons (Fsp3) is 0.381. The van der Waals surface area contributed by atoms with Crippen LogP contribution in [0.4, 0.5) is 0 Å². The molecule has 3 rings (SSSR count). The first-order valence-electron chi connectivity index (χ1n) is 8.82. The molecule has 1 N–H and O–H groups in total. The molecular weight excluding hydrogens is 312 g/mol. The second-order valence-corrected chi connectivity index (χ2v) is 6.43. The minimum absolute atomic E-state index is 0.311. The third-order valence-corrected chi connectivity index (χ3v) is 4.54. The molecular formula is C21H24N2O2. The van der Waals surface area contributed by atoms with Crippen molar-refractivity contribution in [3.05, 3.63) is 59.2 Å². The normalized spacial score (nSPS) is 14.2. The van der Waals surface area contributed by atoms with Crippen molar-refractivity contribution in [1.29, 1.82) is 5.26 Å². The quantitative estimate of drug-likeness (QED) is 0.824. The zero-order valence-corrected chi connectivity index (χ0v) is 14.6. The van der Waals surface area contributed by atoms with Crippen molar-refractivity contribution < 1.29 is 9.47 Å². The molecule has 0 aromatic heterocycles. The molecule has 2 aromatic rings. The Morgan fingerprint density at radius 3 is 2.52 bits per heavy atom. The molecule has 0 amide bonds. The first-order chi connectivity index (χ1) is 12.3. The van der Waals surface area contributed by atoms with Crippen molar-refractivity contribution in [1.82, 2.24) is 5.32 Å². The van der Waals surface area contributed by atoms with Crippen LogP contribution in [-0.2, 0) is 13.1 Å². The van der Waals surface area contributed by atoms with E-state index >= 15 is 0 Å². The molecule has 0 spiro atoms. The third kappa shape index (κ3) is 4.74. The van der Waals surface area contributed by atoms with Gasteiger partial charge in [0.05, 0.1) is 24.8 Å². The summed E-state index contributed by atoms with van der Waals surface area (Å²) in [6.07, 6.45) is 5.05. The van der Waals surface area contributed by atoms with Crippen molar-refractivity contribution in [2.24, 2.45) is 0 Å². The number of methoxy groups -OCH3 is 1. The fourth-order valence-electron chi connectivity index (χ4n) is 3.21. The van der Waals surface area contributed by atoms with Crippen LogP contribution in [0.5, 0.6) is 11.5 Å². The molecule has 1 fully saturated rings. The molecule has 2 aromatic carbocycles. The van der Waals surface area contributed by atoms with Crippen LogP contribution in [0.25, 0.3) is 0 Å². The lowest BCUT2D eigenvalue weighted by atomic mass is 10.1. The van der Waals surface area contributed by atoms with Crippen molar-refractivity contribution in [2.75, 3.05) is 7.11 Å². The molecule has 0 saturated heterocycles. The average Bonchev–Trinajstić information content (AvgIpc) is 3.15. The second kappa shape index (κ2) is 8.55. The van der Waals surface area contributed by atoms with Crippen LogP contribution in [0, 0.1) is 11.3 Å². The lowest BCUT2D eigenvalue weighted by Gasteiger charge is -2.17. The Bertz CT molecular complexity index is 746. The summed E-state index contributed by atoms with van der Waals surface area (Å²) in [6, 6.07) is 15.9. The number of hydrogen-bond donors (Lipinski definition) is 1. The van der Waals surface area contributed by atoms with E-state index in [9.17, 15) is 0 Å². The number of ether oxygens (including phenoxy) is 2. The average molecular weight is 336 g/mol. The minimum atomic E-state index is 0.311. The summed E-state index contributed by atoms with van der Waals surface area (Å²) in [5, 5.41) is 12.4. The Kier molecular flexibility index (Phi) is 5.92. The summed E-state index contributed by atoms with van der Waals surface area (Å²) in [4.78, 5) is 0. The number of nitriles is 1. The summed E-state index contributed by atoms with van der Waals surface area (Å²) >= 11 is 0. The predicted molar refractivity (Wildman–Crippen MR) is 97.6 cm³/mol. The molecule has 1 aliphatic carbocycles. The summed E-state index contributed by atoms with van der Waals surface area (Å²) < 4.78 is 11.6. The zero-order chi connectivity index (χ0) is 17.5. The summed E-state index contributed by atoms with van der Waals surface area (Å²) in [7, 11) is 1.68. The molecule has 0 unspecified atom stereocenters. The first-order valence-corrected chi connectivity index (χ1v) is 8.82. The Balaban J connectivity index is 1.60. The molecule has 130 valence electrons. The molecule has 0 atom stereocenters. The molecule has 0 aliphatic heterocycles. The summed E-state index contributed by atoms with van der Waals surface area (Å²) in [6.45, 7) is 1.46. The molecule has 0 radical (unpaired) electrons. The van der Waals surface area contributed by atoms with Gasteiger partial charge < -0.3 is 14.8 Å². The van der Waals surface area contributed by atoms with Gasteiger partial charge >= 0.3 is 0 Å². The molecule has 4 heteroatoms. The number of hydrogen-bond acceptors (Lipinski definition) is 4. The van der Waals surface area contributed by atoms with Gasteiger partial charge in [0.25, 0.3) is 0 Å². The number of benzene rings is 2. The first kappa shape index (κ1) is 17.3. The highest BCUT2D eigenvalue weighted by Crippen LogP contribution is 2.32. The third-order valence-electron chi connectivity index (χ3n) is 4.54. The van der Waals surface area contributed by atoms with Gasteiger partial charge in [-0.2, -0.15) is 5.26 Å². The van der Waals surface area contributed by atoms with E-state index in [1.54, 1.807) is 7.11 Å². The number of nitrogens with one attached hydrogen (secondary N) is 1. The monoisotopic (exact) mass is 336 g/mol. The molecule has 4 nitrogen and oxygen atoms in total. The maximum Gasteiger partial charge on any atom is 0.161 e. The standard InChI is InChI=1S/C21H24N2O2/c1-24-20-10-9-18(12-21(20)25-19-7-2-3-8-19)15-23-14-17-6-4-5-16(11-17)13-22/h4-6,9-12,19,23H,2-3,7-8,14-15H2,1H3. The topological polar surface area (TPSA) is 54.3 Å². The molecule has 1 aliphatic rings. The van der Waals surface area contributed by atoms with Crippen LogP contribution in [0.2, 0.25) is 0 Å². The van der Waals surface area contributed by atoms with Crippen LogP contribution in [0.1, 0.15) is 42.4 Å². The molecule has 1 saturated carbocycles. The Morgan fingerprint density at radius 1 is 1.04 bits per heavy atom. The van der Waals surface area contributed by atoms with Crippen molar-refractivity contribution in [3.8, 4) is 17.6 Å². The maximum atomic E-state index is 8.97. The van der Waals surface area contributed by atoms with Crippen LogP contribution < -0.4 is 14.8 Å². The van der Waals surface area contributed by atoms with Gasteiger partial charge in [0.1, 0.15) is 0 Å². The zero-order valence-electron chi connectivity index (χ0n) is 14.6. The SMILES string of the molecule is COc1ccc(CNCc2cccc(C#N)c2)cc1OC1CCCC1. The molecule has 0 heterocycles. The lowest BCUT2D eigenvalue weighted by molar-refractivity contribution is 0.200. The van der Waals surface area contributed by atoms with Crippen molar-refractivity contribution in [2.45, 2.75) is 44.9 Å². The van der Waals surface area contributed by atoms with Gasteiger partial charge in [0, 0.05) is 13.1 Å². The predicted octanol–water partition coefficient (Wildman–Crippen LogP) is 4.18. The molecule has 0 bridgehead atoms. The number of nitrogens with zero attached hydrogens (tertiary/aromatic N) is 1. The van der Waals surface area contributed by atoms with Crippen LogP contribution in [-0.4, -0.2) is 13.2 Å². The van der Waals surface area contributed by atoms with Crippen molar-refractivity contribution >= 4 is 0 Å². The van der Waals surface area contributed by atoms with Crippen LogP contribution in [0.15, 0.2) is 42.5 Å². The molecule has 25 heavy (non-hydrogen) atoms. The van der Waals surface area contributed by atoms with Gasteiger partial charge in [0.2, 0.25) is 0 Å². The van der Waals surface area contributed by atoms with Gasteiger partial charge in [-0.05, 0) is 61.1 Å².